The van der Waals surface area contributed by atoms with Crippen molar-refractivity contribution in [1.29, 1.82) is 0 Å². The first-order valence-electron chi connectivity index (χ1n) is 9.98. The number of esters is 3. The predicted molar refractivity (Wildman–Crippen MR) is 105 cm³/mol. The van der Waals surface area contributed by atoms with Gasteiger partial charge >= 0.3 is 23.9 Å². The average molecular weight is 473 g/mol. The van der Waals surface area contributed by atoms with Crippen LogP contribution in [0.2, 0.25) is 0 Å². The van der Waals surface area contributed by atoms with Gasteiger partial charge in [-0.05, 0) is 12.8 Å². The summed E-state index contributed by atoms with van der Waals surface area (Å²) >= 11 is 0. The first kappa shape index (κ1) is 27.7. The third-order valence-electron chi connectivity index (χ3n) is 3.94. The molecule has 184 valence electrons. The molecule has 13 heteroatoms. The topological polar surface area (TPSA) is 169 Å². The van der Waals surface area contributed by atoms with Crippen molar-refractivity contribution in [3.05, 3.63) is 0 Å². The minimum atomic E-state index is -2.24. The molecule has 0 aromatic rings. The Morgan fingerprint density at radius 3 is 1.88 bits per heavy atom. The number of carbonyl (C=O) groups excluding carboxylic acids is 7. The molecule has 1 heterocycles. The molecule has 1 saturated heterocycles. The van der Waals surface area contributed by atoms with Gasteiger partial charge in [0.2, 0.25) is 12.2 Å². The molecule has 0 aromatic heterocycles. The molecular weight excluding hydrogens is 446 g/mol. The van der Waals surface area contributed by atoms with E-state index < -0.39 is 53.5 Å². The Bertz CT molecular complexity index is 791. The first-order chi connectivity index (χ1) is 15.3. The monoisotopic (exact) mass is 473 g/mol. The van der Waals surface area contributed by atoms with Gasteiger partial charge in [-0.3, -0.25) is 24.0 Å². The van der Waals surface area contributed by atoms with Crippen LogP contribution in [-0.4, -0.2) is 78.1 Å². The summed E-state index contributed by atoms with van der Waals surface area (Å²) < 4.78 is 20.0. The van der Waals surface area contributed by atoms with Crippen LogP contribution in [0.25, 0.3) is 0 Å². The first-order valence-corrected chi connectivity index (χ1v) is 9.98. The van der Waals surface area contributed by atoms with Crippen molar-refractivity contribution in [1.82, 2.24) is 5.06 Å². The van der Waals surface area contributed by atoms with E-state index in [-0.39, 0.29) is 43.3 Å². The number of hydrogen-bond donors (Lipinski definition) is 0. The van der Waals surface area contributed by atoms with Gasteiger partial charge in [0, 0.05) is 33.3 Å². The summed E-state index contributed by atoms with van der Waals surface area (Å²) in [7, 11) is 0. The second-order valence-corrected chi connectivity index (χ2v) is 7.81. The molecule has 3 atom stereocenters. The molecule has 0 bridgehead atoms. The van der Waals surface area contributed by atoms with E-state index in [1.54, 1.807) is 0 Å². The van der Waals surface area contributed by atoms with Crippen LogP contribution in [0.3, 0.4) is 0 Å². The van der Waals surface area contributed by atoms with Crippen LogP contribution in [-0.2, 0) is 57.3 Å². The number of carbonyl (C=O) groups is 7. The van der Waals surface area contributed by atoms with Gasteiger partial charge in [-0.1, -0.05) is 13.8 Å². The van der Waals surface area contributed by atoms with E-state index in [0.29, 0.717) is 0 Å². The Morgan fingerprint density at radius 2 is 1.45 bits per heavy atom. The van der Waals surface area contributed by atoms with Crippen molar-refractivity contribution < 1.29 is 57.3 Å². The highest BCUT2D eigenvalue weighted by atomic mass is 16.7. The van der Waals surface area contributed by atoms with Crippen LogP contribution in [0.15, 0.2) is 0 Å². The van der Waals surface area contributed by atoms with Crippen LogP contribution >= 0.6 is 0 Å². The fourth-order valence-corrected chi connectivity index (χ4v) is 2.50. The minimum Gasteiger partial charge on any atom is -0.446 e. The highest BCUT2D eigenvalue weighted by Crippen LogP contribution is 2.19. The van der Waals surface area contributed by atoms with Crippen LogP contribution in [0.5, 0.6) is 0 Å². The predicted octanol–water partition coefficient (Wildman–Crippen LogP) is -0.370. The van der Waals surface area contributed by atoms with E-state index in [2.05, 4.69) is 4.84 Å². The standard InChI is InChI=1S/C20H27NO12/c1-11(2)8-29-10-20(5,9-22)32-18(27)16(30-12(3)23)17(31-13(4)24)19(28)33-21-14(25)6-7-15(21)26/h9,11,16-17H,6-8,10H2,1-5H3/t16-,17-,20?/m1/s1. The van der Waals surface area contributed by atoms with Crippen molar-refractivity contribution in [2.45, 2.75) is 65.3 Å². The summed E-state index contributed by atoms with van der Waals surface area (Å²) in [6.45, 7) is 6.59. The lowest BCUT2D eigenvalue weighted by molar-refractivity contribution is -0.215. The normalized spacial score (nSPS) is 17.1. The van der Waals surface area contributed by atoms with E-state index in [9.17, 15) is 33.6 Å². The highest BCUT2D eigenvalue weighted by molar-refractivity contribution is 6.02. The minimum absolute atomic E-state index is 0.115. The summed E-state index contributed by atoms with van der Waals surface area (Å²) in [6, 6.07) is 0. The molecule has 13 nitrogen and oxygen atoms in total. The maximum atomic E-state index is 12.8. The van der Waals surface area contributed by atoms with E-state index in [4.69, 9.17) is 18.9 Å². The summed E-state index contributed by atoms with van der Waals surface area (Å²) in [4.78, 5) is 88.1. The molecule has 1 fully saturated rings. The van der Waals surface area contributed by atoms with Crippen molar-refractivity contribution in [2.24, 2.45) is 5.92 Å². The van der Waals surface area contributed by atoms with E-state index >= 15 is 0 Å². The fourth-order valence-electron chi connectivity index (χ4n) is 2.50. The number of aldehydes is 1. The number of amides is 2. The van der Waals surface area contributed by atoms with Crippen molar-refractivity contribution in [3.8, 4) is 0 Å². The number of hydroxylamine groups is 2. The molecule has 33 heavy (non-hydrogen) atoms. The van der Waals surface area contributed by atoms with Crippen molar-refractivity contribution >= 4 is 42.0 Å². The third kappa shape index (κ3) is 8.60. The number of hydrogen-bond acceptors (Lipinski definition) is 12. The molecule has 1 aliphatic rings. The van der Waals surface area contributed by atoms with E-state index in [1.807, 2.05) is 13.8 Å². The Labute approximate surface area is 189 Å². The number of imide groups is 1. The van der Waals surface area contributed by atoms with Gasteiger partial charge in [0.25, 0.3) is 11.8 Å². The average Bonchev–Trinajstić information content (AvgIpc) is 3.01. The van der Waals surface area contributed by atoms with E-state index in [1.165, 1.54) is 6.92 Å². The van der Waals surface area contributed by atoms with E-state index in [0.717, 1.165) is 13.8 Å². The fraction of sp³-hybridized carbons (Fsp3) is 0.650. The lowest BCUT2D eigenvalue weighted by Gasteiger charge is -2.29. The van der Waals surface area contributed by atoms with Crippen molar-refractivity contribution in [3.63, 3.8) is 0 Å². The zero-order valence-electron chi connectivity index (χ0n) is 19.0. The zero-order chi connectivity index (χ0) is 25.3. The van der Waals surface area contributed by atoms with Gasteiger partial charge in [-0.15, -0.1) is 5.06 Å². The Morgan fingerprint density at radius 1 is 0.970 bits per heavy atom. The molecule has 0 radical (unpaired) electrons. The Balaban J connectivity index is 3.14. The molecule has 0 aromatic carbocycles. The van der Waals surface area contributed by atoms with Crippen LogP contribution in [0.4, 0.5) is 0 Å². The lowest BCUT2D eigenvalue weighted by Crippen LogP contribution is -2.51. The third-order valence-corrected chi connectivity index (χ3v) is 3.94. The van der Waals surface area contributed by atoms with Crippen LogP contribution < -0.4 is 0 Å². The summed E-state index contributed by atoms with van der Waals surface area (Å²) in [5, 5.41) is 0.157. The van der Waals surface area contributed by atoms with Crippen molar-refractivity contribution in [2.75, 3.05) is 13.2 Å². The molecule has 0 aliphatic carbocycles. The second-order valence-electron chi connectivity index (χ2n) is 7.81. The quantitative estimate of drug-likeness (QED) is 0.156. The largest absolute Gasteiger partial charge is 0.446 e. The molecule has 0 N–H and O–H groups in total. The molecule has 1 rings (SSSR count). The maximum absolute atomic E-state index is 12.8. The molecular formula is C20H27NO12. The molecule has 0 spiro atoms. The van der Waals surface area contributed by atoms with Gasteiger partial charge < -0.3 is 23.8 Å². The summed E-state index contributed by atoms with van der Waals surface area (Å²) in [6.07, 6.45) is -4.61. The SMILES string of the molecule is CC(=O)O[C@@H](C(=O)ON1C(=O)CCC1=O)[C@@H](OC(C)=O)C(=O)OC(C)(C=O)COCC(C)C. The lowest BCUT2D eigenvalue weighted by atomic mass is 10.1. The second kappa shape index (κ2) is 12.0. The smallest absolute Gasteiger partial charge is 0.377 e. The maximum Gasteiger partial charge on any atom is 0.377 e. The highest BCUT2D eigenvalue weighted by Gasteiger charge is 2.46. The summed E-state index contributed by atoms with van der Waals surface area (Å²) in [5.74, 6) is -6.70. The molecule has 2 amide bonds. The Kier molecular flexibility index (Phi) is 10.1. The molecule has 0 saturated carbocycles. The molecule has 1 aliphatic heterocycles. The van der Waals surface area contributed by atoms with Gasteiger partial charge in [0.15, 0.2) is 11.9 Å². The number of nitrogens with zero attached hydrogens (tertiary/aromatic N) is 1. The number of rotatable bonds is 12. The molecule has 1 unspecified atom stereocenters. The van der Waals surface area contributed by atoms with Crippen LogP contribution in [0.1, 0.15) is 47.5 Å². The zero-order valence-corrected chi connectivity index (χ0v) is 19.0. The van der Waals surface area contributed by atoms with Gasteiger partial charge in [0.1, 0.15) is 0 Å². The number of ether oxygens (including phenoxy) is 4. The van der Waals surface area contributed by atoms with Gasteiger partial charge in [-0.2, -0.15) is 0 Å². The van der Waals surface area contributed by atoms with Crippen LogP contribution in [0, 0.1) is 5.92 Å². The Hall–Kier alpha value is -3.35. The summed E-state index contributed by atoms with van der Waals surface area (Å²) in [5.41, 5.74) is -1.84. The van der Waals surface area contributed by atoms with Gasteiger partial charge in [-0.25, -0.2) is 9.59 Å². The van der Waals surface area contributed by atoms with Gasteiger partial charge in [0.05, 0.1) is 6.61 Å².